The van der Waals surface area contributed by atoms with Gasteiger partial charge in [-0.05, 0) is 0 Å². The lowest BCUT2D eigenvalue weighted by atomic mass is 11.6. The van der Waals surface area contributed by atoms with Gasteiger partial charge in [0, 0.05) is 7.05 Å². The van der Waals surface area contributed by atoms with Crippen molar-refractivity contribution in [2.75, 3.05) is 14.1 Å². The zero-order valence-electron chi connectivity index (χ0n) is 3.80. The highest BCUT2D eigenvalue weighted by Gasteiger charge is 1.80. The lowest BCUT2D eigenvalue weighted by molar-refractivity contribution is -0.157. The monoisotopic (exact) mass is 106 g/mol. The van der Waals surface area contributed by atoms with Crippen molar-refractivity contribution >= 4 is 8.09 Å². The van der Waals surface area contributed by atoms with Crippen molar-refractivity contribution < 1.29 is 4.89 Å². The summed E-state index contributed by atoms with van der Waals surface area (Å²) in [5.74, 6) is 0. The van der Waals surface area contributed by atoms with E-state index in [2.05, 4.69) is 9.83 Å². The van der Waals surface area contributed by atoms with Gasteiger partial charge in [-0.15, -0.1) is 5.09 Å². The third kappa shape index (κ3) is 2.27. The number of rotatable bonds is 1. The summed E-state index contributed by atoms with van der Waals surface area (Å²) < 4.78 is 3.41. The van der Waals surface area contributed by atoms with E-state index in [-0.39, 0.29) is 0 Å². The van der Waals surface area contributed by atoms with E-state index in [9.17, 15) is 4.89 Å². The topological polar surface area (TPSA) is 47.5 Å². The summed E-state index contributed by atoms with van der Waals surface area (Å²) in [5.41, 5.74) is 0. The minimum Gasteiger partial charge on any atom is -0.595 e. The van der Waals surface area contributed by atoms with Crippen LogP contribution in [0.5, 0.6) is 0 Å². The van der Waals surface area contributed by atoms with Crippen LogP contribution < -0.4 is 9.98 Å². The highest BCUT2D eigenvalue weighted by atomic mass is 31.1. The molecule has 0 spiro atoms. The molecule has 0 amide bonds. The lowest BCUT2D eigenvalue weighted by Crippen LogP contribution is -2.01. The van der Waals surface area contributed by atoms with Crippen LogP contribution in [0, 0.1) is 0 Å². The van der Waals surface area contributed by atoms with Gasteiger partial charge >= 0.3 is 0 Å². The molecule has 0 aromatic rings. The number of hydrogen-bond acceptors (Lipinski definition) is 2. The van der Waals surface area contributed by atoms with Crippen molar-refractivity contribution in [1.29, 1.82) is 0 Å². The standard InChI is InChI=1S/C2H7N2OP/c1-3-6(5)4-2/h1-2H3,(H,3,4). The first-order chi connectivity index (χ1) is 2.81. The van der Waals surface area contributed by atoms with E-state index in [0.29, 0.717) is 0 Å². The van der Waals surface area contributed by atoms with E-state index in [1.807, 2.05) is 0 Å². The van der Waals surface area contributed by atoms with Crippen LogP contribution in [0.1, 0.15) is 0 Å². The Kier molecular flexibility index (Phi) is 3.23. The molecule has 0 fully saturated rings. The Morgan fingerprint density at radius 3 is 2.33 bits per heavy atom. The molecule has 0 aliphatic rings. The first-order valence-corrected chi connectivity index (χ1v) is 2.77. The molecular weight excluding hydrogens is 99.0 g/mol. The first kappa shape index (κ1) is 6.02. The van der Waals surface area contributed by atoms with Crippen molar-refractivity contribution in [2.45, 2.75) is 0 Å². The van der Waals surface area contributed by atoms with Gasteiger partial charge in [-0.2, -0.15) is 0 Å². The van der Waals surface area contributed by atoms with Gasteiger partial charge in [0.05, 0.1) is 7.05 Å². The van der Waals surface area contributed by atoms with Gasteiger partial charge in [-0.3, -0.25) is 0 Å². The molecule has 1 N–H and O–H groups in total. The maximum atomic E-state index is 10.1. The number of nitrogens with one attached hydrogen (secondary N) is 1. The molecule has 0 saturated heterocycles. The molecular formula is C2H7N2OP. The summed E-state index contributed by atoms with van der Waals surface area (Å²) in [6, 6.07) is 0. The summed E-state index contributed by atoms with van der Waals surface area (Å²) in [7, 11) is 1.66. The Morgan fingerprint density at radius 2 is 2.33 bits per heavy atom. The summed E-state index contributed by atoms with van der Waals surface area (Å²) in [6.07, 6.45) is 0. The predicted molar refractivity (Wildman–Crippen MR) is 24.3 cm³/mol. The number of nitrogens with zero attached hydrogens (tertiary/aromatic N) is 1. The molecule has 0 heterocycles. The lowest BCUT2D eigenvalue weighted by Gasteiger charge is -1.83. The van der Waals surface area contributed by atoms with Crippen LogP contribution in [0.4, 0.5) is 0 Å². The van der Waals surface area contributed by atoms with Crippen molar-refractivity contribution in [1.82, 2.24) is 5.09 Å². The van der Waals surface area contributed by atoms with E-state index >= 15 is 0 Å². The van der Waals surface area contributed by atoms with Crippen LogP contribution in [-0.2, 0) is 0 Å². The zero-order valence-corrected chi connectivity index (χ0v) is 4.70. The van der Waals surface area contributed by atoms with E-state index in [1.54, 1.807) is 7.05 Å². The highest BCUT2D eigenvalue weighted by Crippen LogP contribution is 1.99. The molecule has 0 radical (unpaired) electrons. The van der Waals surface area contributed by atoms with Crippen LogP contribution >= 0.6 is 8.09 Å². The molecule has 36 valence electrons. The molecule has 1 unspecified atom stereocenters. The van der Waals surface area contributed by atoms with E-state index in [4.69, 9.17) is 0 Å². The fraction of sp³-hybridized carbons (Fsp3) is 1.00. The van der Waals surface area contributed by atoms with Crippen LogP contribution in [0.25, 0.3) is 0 Å². The Labute approximate surface area is 38.0 Å². The molecule has 0 rings (SSSR count). The van der Waals surface area contributed by atoms with E-state index < -0.39 is 8.09 Å². The Balaban J connectivity index is 3.22. The van der Waals surface area contributed by atoms with Gasteiger partial charge in [0.1, 0.15) is 0 Å². The average Bonchev–Trinajstić information content (AvgIpc) is 1.65. The minimum absolute atomic E-state index is 1.45. The van der Waals surface area contributed by atoms with Crippen LogP contribution in [-0.4, -0.2) is 14.1 Å². The molecule has 1 atom stereocenters. The van der Waals surface area contributed by atoms with Crippen LogP contribution in [0.15, 0.2) is 4.74 Å². The Hall–Kier alpha value is 0.0200. The molecule has 3 nitrogen and oxygen atoms in total. The molecule has 6 heavy (non-hydrogen) atoms. The third-order valence-corrected chi connectivity index (χ3v) is 1.12. The van der Waals surface area contributed by atoms with Crippen molar-refractivity contribution in [2.24, 2.45) is 4.74 Å². The predicted octanol–water partition coefficient (Wildman–Crippen LogP) is -0.309. The average molecular weight is 106 g/mol. The molecule has 0 aromatic carbocycles. The van der Waals surface area contributed by atoms with Crippen LogP contribution in [0.2, 0.25) is 0 Å². The van der Waals surface area contributed by atoms with E-state index in [0.717, 1.165) is 0 Å². The molecule has 0 bridgehead atoms. The number of hydrogen-bond donors (Lipinski definition) is 1. The summed E-state index contributed by atoms with van der Waals surface area (Å²) in [6.45, 7) is 0. The highest BCUT2D eigenvalue weighted by molar-refractivity contribution is 7.36. The summed E-state index contributed by atoms with van der Waals surface area (Å²) in [4.78, 5) is 10.1. The molecule has 0 aliphatic carbocycles. The summed E-state index contributed by atoms with van der Waals surface area (Å²) >= 11 is 0. The quantitative estimate of drug-likeness (QED) is 0.466. The Bertz CT molecular complexity index is 62.6. The van der Waals surface area contributed by atoms with Crippen molar-refractivity contribution in [3.8, 4) is 0 Å². The van der Waals surface area contributed by atoms with E-state index in [1.165, 1.54) is 7.05 Å². The van der Waals surface area contributed by atoms with Gasteiger partial charge < -0.3 is 4.89 Å². The first-order valence-electron chi connectivity index (χ1n) is 1.55. The Morgan fingerprint density at radius 1 is 1.83 bits per heavy atom. The van der Waals surface area contributed by atoms with Gasteiger partial charge in [0.25, 0.3) is 8.09 Å². The second-order valence-corrected chi connectivity index (χ2v) is 2.09. The normalized spacial score (nSPS) is 12.2. The molecule has 0 saturated carbocycles. The molecule has 0 aromatic heterocycles. The van der Waals surface area contributed by atoms with Gasteiger partial charge in [-0.25, -0.2) is 0 Å². The molecule has 0 aliphatic heterocycles. The van der Waals surface area contributed by atoms with Crippen molar-refractivity contribution in [3.63, 3.8) is 0 Å². The fourth-order valence-corrected chi connectivity index (χ4v) is 0.300. The van der Waals surface area contributed by atoms with Gasteiger partial charge in [0.15, 0.2) is 0 Å². The molecule has 4 heteroatoms. The SMILES string of the molecule is CN=[P+]([O-])NC. The smallest absolute Gasteiger partial charge is 0.260 e. The third-order valence-electron chi connectivity index (χ3n) is 0.373. The second-order valence-electron chi connectivity index (χ2n) is 0.697. The van der Waals surface area contributed by atoms with Gasteiger partial charge in [-0.1, -0.05) is 4.74 Å². The minimum atomic E-state index is -1.45. The maximum absolute atomic E-state index is 10.1. The maximum Gasteiger partial charge on any atom is 0.260 e. The zero-order chi connectivity index (χ0) is 4.99. The van der Waals surface area contributed by atoms with Gasteiger partial charge in [0.2, 0.25) is 0 Å². The summed E-state index contributed by atoms with van der Waals surface area (Å²) in [5, 5.41) is 2.46. The second kappa shape index (κ2) is 3.22. The largest absolute Gasteiger partial charge is 0.595 e. The van der Waals surface area contributed by atoms with Crippen LogP contribution in [0.3, 0.4) is 0 Å². The fourth-order valence-electron chi connectivity index (χ4n) is 0.100. The van der Waals surface area contributed by atoms with Crippen molar-refractivity contribution in [3.05, 3.63) is 0 Å².